The van der Waals surface area contributed by atoms with Gasteiger partial charge >= 0.3 is 0 Å². The lowest BCUT2D eigenvalue weighted by Gasteiger charge is -2.35. The number of carbonyl (C=O) groups is 1. The molecule has 0 unspecified atom stereocenters. The van der Waals surface area contributed by atoms with E-state index in [0.29, 0.717) is 68.4 Å². The summed E-state index contributed by atoms with van der Waals surface area (Å²) in [6.45, 7) is 5.74. The van der Waals surface area contributed by atoms with Gasteiger partial charge in [-0.15, -0.1) is 5.10 Å². The van der Waals surface area contributed by atoms with Crippen molar-refractivity contribution < 1.29 is 17.9 Å². The SMILES string of the molecule is CCOc1ccc(-n2nnc3c(N4CCN(C(=O)c5ccc(S(=O)(=O)N6CCCC6)cc5)CC4)ncnc32)cc1. The lowest BCUT2D eigenvalue weighted by atomic mass is 10.2. The summed E-state index contributed by atoms with van der Waals surface area (Å²) < 4.78 is 34.3. The number of benzene rings is 2. The first-order valence-corrected chi connectivity index (χ1v) is 14.8. The van der Waals surface area contributed by atoms with Crippen LogP contribution in [0, 0.1) is 0 Å². The van der Waals surface area contributed by atoms with Gasteiger partial charge in [0.25, 0.3) is 5.91 Å². The number of sulfonamides is 1. The Morgan fingerprint density at radius 3 is 2.27 bits per heavy atom. The Hall–Kier alpha value is -4.10. The van der Waals surface area contributed by atoms with E-state index in [1.165, 1.54) is 22.8 Å². The minimum Gasteiger partial charge on any atom is -0.494 e. The minimum absolute atomic E-state index is 0.126. The van der Waals surface area contributed by atoms with Crippen LogP contribution in [-0.2, 0) is 10.0 Å². The number of fused-ring (bicyclic) bond motifs is 1. The highest BCUT2D eigenvalue weighted by Gasteiger charge is 2.29. The van der Waals surface area contributed by atoms with Gasteiger partial charge in [-0.1, -0.05) is 5.21 Å². The summed E-state index contributed by atoms with van der Waals surface area (Å²) in [4.78, 5) is 26.2. The van der Waals surface area contributed by atoms with Crippen LogP contribution in [0.5, 0.6) is 5.75 Å². The lowest BCUT2D eigenvalue weighted by molar-refractivity contribution is 0.0746. The van der Waals surface area contributed by atoms with Crippen LogP contribution >= 0.6 is 0 Å². The van der Waals surface area contributed by atoms with E-state index in [0.717, 1.165) is 24.3 Å². The van der Waals surface area contributed by atoms with Gasteiger partial charge in [0, 0.05) is 44.8 Å². The smallest absolute Gasteiger partial charge is 0.253 e. The van der Waals surface area contributed by atoms with E-state index < -0.39 is 10.0 Å². The van der Waals surface area contributed by atoms with E-state index in [2.05, 4.69) is 25.2 Å². The Morgan fingerprint density at radius 2 is 1.60 bits per heavy atom. The molecule has 0 N–H and O–H groups in total. The van der Waals surface area contributed by atoms with Gasteiger partial charge in [-0.2, -0.15) is 8.99 Å². The summed E-state index contributed by atoms with van der Waals surface area (Å²) in [5.74, 6) is 1.33. The molecule has 0 aliphatic carbocycles. The van der Waals surface area contributed by atoms with E-state index >= 15 is 0 Å². The van der Waals surface area contributed by atoms with Crippen molar-refractivity contribution in [2.45, 2.75) is 24.7 Å². The normalized spacial score (nSPS) is 16.5. The topological polar surface area (TPSA) is 127 Å². The zero-order chi connectivity index (χ0) is 27.7. The van der Waals surface area contributed by atoms with Gasteiger partial charge < -0.3 is 14.5 Å². The third kappa shape index (κ3) is 4.86. The highest BCUT2D eigenvalue weighted by atomic mass is 32.2. The second-order valence-corrected chi connectivity index (χ2v) is 11.7. The van der Waals surface area contributed by atoms with E-state index in [-0.39, 0.29) is 10.8 Å². The van der Waals surface area contributed by atoms with Crippen molar-refractivity contribution in [1.29, 1.82) is 0 Å². The lowest BCUT2D eigenvalue weighted by Crippen LogP contribution is -2.49. The van der Waals surface area contributed by atoms with Gasteiger partial charge in [0.1, 0.15) is 12.1 Å². The molecule has 0 saturated carbocycles. The number of rotatable bonds is 7. The Morgan fingerprint density at radius 1 is 0.900 bits per heavy atom. The van der Waals surface area contributed by atoms with Crippen LogP contribution in [0.4, 0.5) is 5.82 Å². The van der Waals surface area contributed by atoms with Crippen LogP contribution in [0.3, 0.4) is 0 Å². The summed E-state index contributed by atoms with van der Waals surface area (Å²) in [5, 5.41) is 8.68. The fourth-order valence-corrected chi connectivity index (χ4v) is 6.66. The molecule has 2 aliphatic rings. The summed E-state index contributed by atoms with van der Waals surface area (Å²) in [5.41, 5.74) is 2.46. The van der Waals surface area contributed by atoms with Gasteiger partial charge in [0.2, 0.25) is 10.0 Å². The maximum absolute atomic E-state index is 13.2. The molecule has 0 radical (unpaired) electrons. The average molecular weight is 563 g/mol. The summed E-state index contributed by atoms with van der Waals surface area (Å²) in [7, 11) is -3.51. The minimum atomic E-state index is -3.51. The second kappa shape index (κ2) is 10.8. The van der Waals surface area contributed by atoms with E-state index in [1.807, 2.05) is 31.2 Å². The van der Waals surface area contributed by atoms with Crippen molar-refractivity contribution in [2.75, 3.05) is 50.8 Å². The summed E-state index contributed by atoms with van der Waals surface area (Å²) >= 11 is 0. The van der Waals surface area contributed by atoms with Gasteiger partial charge in [-0.25, -0.2) is 18.4 Å². The van der Waals surface area contributed by atoms with Crippen LogP contribution < -0.4 is 9.64 Å². The first-order valence-electron chi connectivity index (χ1n) is 13.4. The highest BCUT2D eigenvalue weighted by Crippen LogP contribution is 2.25. The first-order chi connectivity index (χ1) is 19.5. The molecule has 2 aromatic carbocycles. The van der Waals surface area contributed by atoms with Crippen molar-refractivity contribution in [3.05, 3.63) is 60.4 Å². The Balaban J connectivity index is 1.13. The fourth-order valence-electron chi connectivity index (χ4n) is 5.14. The number of nitrogens with zero attached hydrogens (tertiary/aromatic N) is 8. The molecule has 208 valence electrons. The van der Waals surface area contributed by atoms with Gasteiger partial charge in [-0.3, -0.25) is 4.79 Å². The Bertz CT molecular complexity index is 1610. The van der Waals surface area contributed by atoms with Crippen LogP contribution in [0.25, 0.3) is 16.9 Å². The maximum Gasteiger partial charge on any atom is 0.253 e. The summed E-state index contributed by atoms with van der Waals surface area (Å²) in [6, 6.07) is 13.8. The molecule has 2 fully saturated rings. The molecule has 0 bridgehead atoms. The predicted octanol–water partition coefficient (Wildman–Crippen LogP) is 2.36. The van der Waals surface area contributed by atoms with Crippen LogP contribution in [0.1, 0.15) is 30.1 Å². The Kier molecular flexibility index (Phi) is 7.07. The number of anilines is 1. The van der Waals surface area contributed by atoms with Gasteiger partial charge in [0.05, 0.1) is 17.2 Å². The average Bonchev–Trinajstić information content (AvgIpc) is 3.69. The molecule has 2 saturated heterocycles. The van der Waals surface area contributed by atoms with Crippen molar-refractivity contribution >= 4 is 32.9 Å². The second-order valence-electron chi connectivity index (χ2n) is 9.71. The molecule has 0 atom stereocenters. The molecule has 4 aromatic rings. The molecule has 40 heavy (non-hydrogen) atoms. The van der Waals surface area contributed by atoms with Crippen LogP contribution in [0.15, 0.2) is 59.8 Å². The molecule has 0 spiro atoms. The van der Waals surface area contributed by atoms with Gasteiger partial charge in [0.15, 0.2) is 17.0 Å². The van der Waals surface area contributed by atoms with Crippen LogP contribution in [0.2, 0.25) is 0 Å². The van der Waals surface area contributed by atoms with Crippen molar-refractivity contribution in [3.8, 4) is 11.4 Å². The van der Waals surface area contributed by atoms with Crippen molar-refractivity contribution in [1.82, 2.24) is 34.2 Å². The highest BCUT2D eigenvalue weighted by molar-refractivity contribution is 7.89. The van der Waals surface area contributed by atoms with Crippen molar-refractivity contribution in [3.63, 3.8) is 0 Å². The van der Waals surface area contributed by atoms with Crippen molar-refractivity contribution in [2.24, 2.45) is 0 Å². The molecule has 1 amide bonds. The third-order valence-corrected chi connectivity index (χ3v) is 9.19. The zero-order valence-electron chi connectivity index (χ0n) is 22.2. The first kappa shape index (κ1) is 26.1. The maximum atomic E-state index is 13.2. The monoisotopic (exact) mass is 562 g/mol. The molecular weight excluding hydrogens is 532 g/mol. The van der Waals surface area contributed by atoms with Crippen LogP contribution in [-0.4, -0.2) is 94.4 Å². The number of piperazine rings is 1. The number of hydrogen-bond donors (Lipinski definition) is 0. The Labute approximate surface area is 232 Å². The van der Waals surface area contributed by atoms with E-state index in [4.69, 9.17) is 4.74 Å². The third-order valence-electron chi connectivity index (χ3n) is 7.28. The van der Waals surface area contributed by atoms with E-state index in [9.17, 15) is 13.2 Å². The molecule has 4 heterocycles. The zero-order valence-corrected chi connectivity index (χ0v) is 23.0. The number of amides is 1. The molecule has 13 heteroatoms. The molecule has 2 aromatic heterocycles. The fraction of sp³-hybridized carbons (Fsp3) is 0.370. The number of hydrogen-bond acceptors (Lipinski definition) is 9. The molecule has 2 aliphatic heterocycles. The number of carbonyl (C=O) groups excluding carboxylic acids is 1. The quantitative estimate of drug-likeness (QED) is 0.334. The number of aromatic nitrogens is 5. The molecule has 6 rings (SSSR count). The molecular formula is C27H30N8O4S. The predicted molar refractivity (Wildman–Crippen MR) is 148 cm³/mol. The van der Waals surface area contributed by atoms with E-state index in [1.54, 1.807) is 21.7 Å². The molecule has 12 nitrogen and oxygen atoms in total. The number of ether oxygens (including phenoxy) is 1. The largest absolute Gasteiger partial charge is 0.494 e. The summed E-state index contributed by atoms with van der Waals surface area (Å²) in [6.07, 6.45) is 3.26. The standard InChI is InChI=1S/C27H30N8O4S/c1-2-39-22-9-7-21(8-10-22)35-26-24(30-31-35)25(28-19-29-26)32-15-17-33(18-16-32)27(36)20-5-11-23(12-6-20)40(37,38)34-13-3-4-14-34/h5-12,19H,2-4,13-18H2,1H3. The van der Waals surface area contributed by atoms with Gasteiger partial charge in [-0.05, 0) is 68.3 Å².